The molecular formula is C25H30N4O5. The van der Waals surface area contributed by atoms with Crippen molar-refractivity contribution in [1.82, 2.24) is 15.5 Å². The van der Waals surface area contributed by atoms with Crippen molar-refractivity contribution in [1.29, 1.82) is 0 Å². The molecule has 0 saturated heterocycles. The molecule has 34 heavy (non-hydrogen) atoms. The maximum absolute atomic E-state index is 12.9. The third-order valence-electron chi connectivity index (χ3n) is 5.93. The average molecular weight is 467 g/mol. The summed E-state index contributed by atoms with van der Waals surface area (Å²) in [5, 5.41) is 32.0. The highest BCUT2D eigenvalue weighted by Gasteiger charge is 2.26. The van der Waals surface area contributed by atoms with Crippen LogP contribution in [0.25, 0.3) is 11.1 Å². The molecule has 2 amide bonds. The zero-order valence-electron chi connectivity index (χ0n) is 19.0. The summed E-state index contributed by atoms with van der Waals surface area (Å²) in [6, 6.07) is 12.1. The summed E-state index contributed by atoms with van der Waals surface area (Å²) in [7, 11) is 1.58. The van der Waals surface area contributed by atoms with Gasteiger partial charge in [0.15, 0.2) is 0 Å². The van der Waals surface area contributed by atoms with Crippen LogP contribution in [0.4, 0.5) is 10.5 Å². The molecule has 0 aliphatic heterocycles. The Labute approximate surface area is 198 Å². The molecule has 0 bridgehead atoms. The Morgan fingerprint density at radius 1 is 1.24 bits per heavy atom. The lowest BCUT2D eigenvalue weighted by Crippen LogP contribution is -2.33. The van der Waals surface area contributed by atoms with Crippen molar-refractivity contribution in [2.45, 2.75) is 43.9 Å². The number of amides is 2. The van der Waals surface area contributed by atoms with Gasteiger partial charge in [0.2, 0.25) is 0 Å². The summed E-state index contributed by atoms with van der Waals surface area (Å²) in [5.74, 6) is 1.19. The summed E-state index contributed by atoms with van der Waals surface area (Å²) in [6.45, 7) is -0.0834. The number of aromatic nitrogens is 2. The zero-order chi connectivity index (χ0) is 23.9. The van der Waals surface area contributed by atoms with Gasteiger partial charge >= 0.3 is 6.03 Å². The predicted octanol–water partition coefficient (Wildman–Crippen LogP) is 3.62. The fraction of sp³-hybridized carbons (Fsp3) is 0.360. The third kappa shape index (κ3) is 5.86. The normalized spacial score (nSPS) is 18.3. The monoisotopic (exact) mass is 466 g/mol. The number of nitrogens with zero attached hydrogens (tertiary/aromatic N) is 1. The number of urea groups is 1. The number of ether oxygens (including phenoxy) is 2. The highest BCUT2D eigenvalue weighted by Crippen LogP contribution is 2.34. The van der Waals surface area contributed by atoms with Crippen molar-refractivity contribution in [3.8, 4) is 22.6 Å². The molecular weight excluding hydrogens is 436 g/mol. The number of benzene rings is 2. The molecule has 0 radical (unpaired) electrons. The number of methoxy groups -OCH3 is 1. The number of carbonyl (C=O) groups excluding carboxylic acids is 1. The number of aliphatic hydroxyl groups excluding tert-OH is 2. The van der Waals surface area contributed by atoms with Crippen LogP contribution in [0.3, 0.4) is 0 Å². The summed E-state index contributed by atoms with van der Waals surface area (Å²) in [5.41, 5.74) is 3.13. The van der Waals surface area contributed by atoms with Crippen molar-refractivity contribution in [2.75, 3.05) is 19.0 Å². The SMILES string of the molecule is COc1cccc(C(CCO)NC(=O)Nc2ccc(-c3cn[nH]c3)cc2OC2CCC(O)C2)c1. The van der Waals surface area contributed by atoms with E-state index in [0.29, 0.717) is 36.4 Å². The number of nitrogens with one attached hydrogen (secondary N) is 3. The van der Waals surface area contributed by atoms with Crippen molar-refractivity contribution in [3.05, 3.63) is 60.4 Å². The minimum atomic E-state index is -0.423. The maximum atomic E-state index is 12.9. The van der Waals surface area contributed by atoms with Crippen LogP contribution in [0, 0.1) is 0 Å². The number of carbonyl (C=O) groups is 1. The molecule has 3 atom stereocenters. The topological polar surface area (TPSA) is 129 Å². The number of aliphatic hydroxyl groups is 2. The Kier molecular flexibility index (Phi) is 7.66. The first-order chi connectivity index (χ1) is 16.6. The molecule has 0 spiro atoms. The fourth-order valence-electron chi connectivity index (χ4n) is 4.14. The van der Waals surface area contributed by atoms with Crippen LogP contribution in [-0.2, 0) is 0 Å². The maximum Gasteiger partial charge on any atom is 0.319 e. The molecule has 5 N–H and O–H groups in total. The third-order valence-corrected chi connectivity index (χ3v) is 5.93. The fourth-order valence-corrected chi connectivity index (χ4v) is 4.14. The molecule has 1 saturated carbocycles. The molecule has 9 nitrogen and oxygen atoms in total. The predicted molar refractivity (Wildman–Crippen MR) is 128 cm³/mol. The first-order valence-corrected chi connectivity index (χ1v) is 11.4. The zero-order valence-corrected chi connectivity index (χ0v) is 19.0. The van der Waals surface area contributed by atoms with E-state index in [1.165, 1.54) is 0 Å². The molecule has 9 heteroatoms. The highest BCUT2D eigenvalue weighted by molar-refractivity contribution is 5.92. The van der Waals surface area contributed by atoms with Gasteiger partial charge in [0.1, 0.15) is 17.6 Å². The number of hydrogen-bond donors (Lipinski definition) is 5. The second-order valence-electron chi connectivity index (χ2n) is 8.34. The molecule has 4 rings (SSSR count). The van der Waals surface area contributed by atoms with Crippen LogP contribution in [0.2, 0.25) is 0 Å². The summed E-state index contributed by atoms with van der Waals surface area (Å²) < 4.78 is 11.5. The lowest BCUT2D eigenvalue weighted by Gasteiger charge is -2.21. The Balaban J connectivity index is 1.53. The number of aromatic amines is 1. The van der Waals surface area contributed by atoms with Crippen molar-refractivity contribution < 1.29 is 24.5 Å². The Hall–Kier alpha value is -3.56. The van der Waals surface area contributed by atoms with E-state index < -0.39 is 12.1 Å². The van der Waals surface area contributed by atoms with E-state index in [1.54, 1.807) is 25.6 Å². The minimum absolute atomic E-state index is 0.0834. The first kappa shape index (κ1) is 23.6. The van der Waals surface area contributed by atoms with Crippen LogP contribution >= 0.6 is 0 Å². The van der Waals surface area contributed by atoms with E-state index in [-0.39, 0.29) is 18.8 Å². The molecule has 2 aromatic carbocycles. The van der Waals surface area contributed by atoms with Gasteiger partial charge in [-0.05, 0) is 54.7 Å². The van der Waals surface area contributed by atoms with Crippen molar-refractivity contribution in [2.24, 2.45) is 0 Å². The van der Waals surface area contributed by atoms with Crippen LogP contribution < -0.4 is 20.1 Å². The summed E-state index contributed by atoms with van der Waals surface area (Å²) >= 11 is 0. The van der Waals surface area contributed by atoms with E-state index in [2.05, 4.69) is 20.8 Å². The van der Waals surface area contributed by atoms with Gasteiger partial charge in [0, 0.05) is 24.8 Å². The van der Waals surface area contributed by atoms with Gasteiger partial charge in [-0.1, -0.05) is 18.2 Å². The molecule has 180 valence electrons. The van der Waals surface area contributed by atoms with E-state index in [9.17, 15) is 15.0 Å². The lowest BCUT2D eigenvalue weighted by molar-refractivity contribution is 0.150. The lowest BCUT2D eigenvalue weighted by atomic mass is 10.0. The largest absolute Gasteiger partial charge is 0.497 e. The van der Waals surface area contributed by atoms with Gasteiger partial charge in [-0.3, -0.25) is 5.10 Å². The molecule has 3 aromatic rings. The Morgan fingerprint density at radius 2 is 2.12 bits per heavy atom. The Bertz CT molecular complexity index is 1090. The van der Waals surface area contributed by atoms with E-state index in [1.807, 2.05) is 36.4 Å². The van der Waals surface area contributed by atoms with Gasteiger partial charge < -0.3 is 30.3 Å². The highest BCUT2D eigenvalue weighted by atomic mass is 16.5. The molecule has 1 aromatic heterocycles. The summed E-state index contributed by atoms with van der Waals surface area (Å²) in [4.78, 5) is 12.9. The summed E-state index contributed by atoms with van der Waals surface area (Å²) in [6.07, 6.45) is 5.34. The first-order valence-electron chi connectivity index (χ1n) is 11.4. The van der Waals surface area contributed by atoms with E-state index in [0.717, 1.165) is 23.1 Å². The van der Waals surface area contributed by atoms with Gasteiger partial charge in [-0.2, -0.15) is 5.10 Å². The quantitative estimate of drug-likeness (QED) is 0.328. The minimum Gasteiger partial charge on any atom is -0.497 e. The second kappa shape index (κ2) is 11.0. The smallest absolute Gasteiger partial charge is 0.319 e. The number of H-pyrrole nitrogens is 1. The van der Waals surface area contributed by atoms with Crippen LogP contribution in [0.5, 0.6) is 11.5 Å². The van der Waals surface area contributed by atoms with Crippen LogP contribution in [0.15, 0.2) is 54.9 Å². The van der Waals surface area contributed by atoms with Crippen molar-refractivity contribution in [3.63, 3.8) is 0 Å². The van der Waals surface area contributed by atoms with Gasteiger partial charge in [-0.15, -0.1) is 0 Å². The molecule has 1 heterocycles. The number of rotatable bonds is 9. The molecule has 1 aliphatic carbocycles. The number of hydrogen-bond acceptors (Lipinski definition) is 6. The van der Waals surface area contributed by atoms with Gasteiger partial charge in [0.25, 0.3) is 0 Å². The van der Waals surface area contributed by atoms with Gasteiger partial charge in [0.05, 0.1) is 31.1 Å². The standard InChI is InChI=1S/C25H30N4O5/c1-33-20-4-2-3-17(11-20)22(9-10-30)28-25(32)29-23-8-5-16(18-14-26-27-15-18)12-24(23)34-21-7-6-19(31)13-21/h2-5,8,11-12,14-15,19,21-22,30-31H,6-7,9-10,13H2,1H3,(H,26,27)(H2,28,29,32). The molecule has 1 fully saturated rings. The van der Waals surface area contributed by atoms with Gasteiger partial charge in [-0.25, -0.2) is 4.79 Å². The van der Waals surface area contributed by atoms with E-state index in [4.69, 9.17) is 9.47 Å². The molecule has 3 unspecified atom stereocenters. The van der Waals surface area contributed by atoms with Crippen LogP contribution in [-0.4, -0.2) is 52.4 Å². The molecule has 1 aliphatic rings. The van der Waals surface area contributed by atoms with Crippen molar-refractivity contribution >= 4 is 11.7 Å². The average Bonchev–Trinajstić information content (AvgIpc) is 3.52. The van der Waals surface area contributed by atoms with Crippen LogP contribution in [0.1, 0.15) is 37.3 Å². The second-order valence-corrected chi connectivity index (χ2v) is 8.34. The van der Waals surface area contributed by atoms with E-state index >= 15 is 0 Å². The Morgan fingerprint density at radius 3 is 2.82 bits per heavy atom. The number of anilines is 1.